The summed E-state index contributed by atoms with van der Waals surface area (Å²) in [6.07, 6.45) is 1.64. The summed E-state index contributed by atoms with van der Waals surface area (Å²) in [5, 5.41) is 1.55. The molecule has 30 heavy (non-hydrogen) atoms. The van der Waals surface area contributed by atoms with E-state index in [1.807, 2.05) is 0 Å². The fraction of sp³-hybridized carbons (Fsp3) is 0.150. The van der Waals surface area contributed by atoms with E-state index in [4.69, 9.17) is 38.0 Å². The molecule has 1 fully saturated rings. The summed E-state index contributed by atoms with van der Waals surface area (Å²) in [5.74, 6) is 0.433. The first-order chi connectivity index (χ1) is 14.4. The number of hydrogen-bond acceptors (Lipinski definition) is 7. The van der Waals surface area contributed by atoms with E-state index in [-0.39, 0.29) is 4.32 Å². The zero-order valence-electron chi connectivity index (χ0n) is 16.2. The van der Waals surface area contributed by atoms with Crippen LogP contribution in [0.2, 0.25) is 5.02 Å². The maximum absolute atomic E-state index is 12.8. The van der Waals surface area contributed by atoms with Crippen LogP contribution in [-0.2, 0) is 4.79 Å². The molecule has 0 aliphatic carbocycles. The van der Waals surface area contributed by atoms with Crippen molar-refractivity contribution in [1.82, 2.24) is 10.4 Å². The minimum Gasteiger partial charge on any atom is -0.493 e. The van der Waals surface area contributed by atoms with E-state index < -0.39 is 11.8 Å². The number of rotatable bonds is 6. The van der Waals surface area contributed by atoms with Crippen molar-refractivity contribution in [1.29, 1.82) is 0 Å². The van der Waals surface area contributed by atoms with Crippen molar-refractivity contribution in [2.75, 3.05) is 21.3 Å². The third-order valence-corrected chi connectivity index (χ3v) is 5.65. The maximum Gasteiger partial charge on any atom is 0.285 e. The number of methoxy groups -OCH3 is 3. The molecule has 0 unspecified atom stereocenters. The molecule has 3 rings (SSSR count). The molecule has 10 heteroatoms. The van der Waals surface area contributed by atoms with Crippen molar-refractivity contribution in [3.8, 4) is 17.2 Å². The van der Waals surface area contributed by atoms with E-state index in [0.717, 1.165) is 16.8 Å². The van der Waals surface area contributed by atoms with Gasteiger partial charge in [-0.1, -0.05) is 23.4 Å². The summed E-state index contributed by atoms with van der Waals surface area (Å²) >= 11 is 12.2. The number of thioether (sulfide) groups is 1. The average Bonchev–Trinajstić information content (AvgIpc) is 3.00. The van der Waals surface area contributed by atoms with Gasteiger partial charge in [-0.25, -0.2) is 0 Å². The molecule has 2 aromatic rings. The topological polar surface area (TPSA) is 77.1 Å². The van der Waals surface area contributed by atoms with Crippen molar-refractivity contribution >= 4 is 57.8 Å². The number of ether oxygens (including phenoxy) is 3. The van der Waals surface area contributed by atoms with Crippen LogP contribution in [0, 0.1) is 0 Å². The number of benzene rings is 2. The van der Waals surface area contributed by atoms with E-state index in [2.05, 4.69) is 5.43 Å². The van der Waals surface area contributed by atoms with E-state index in [1.54, 1.807) is 42.5 Å². The average molecular weight is 465 g/mol. The number of hydrogen-bond donors (Lipinski definition) is 1. The maximum atomic E-state index is 12.8. The van der Waals surface area contributed by atoms with Crippen LogP contribution in [0.1, 0.15) is 15.9 Å². The standard InChI is InChI=1S/C20H17ClN2O5S2/c1-26-14-8-11(9-15(27-2)17(14)28-3)10-16-19(25)23(20(29)30-16)22-18(24)12-4-6-13(21)7-5-12/h4-10H,1-3H3,(H,22,24). The van der Waals surface area contributed by atoms with Crippen molar-refractivity contribution in [3.05, 3.63) is 57.5 Å². The molecule has 1 aliphatic rings. The van der Waals surface area contributed by atoms with Crippen LogP contribution in [0.25, 0.3) is 6.08 Å². The van der Waals surface area contributed by atoms with Gasteiger partial charge in [-0.15, -0.1) is 0 Å². The van der Waals surface area contributed by atoms with Gasteiger partial charge in [0.25, 0.3) is 11.8 Å². The Morgan fingerprint density at radius 1 is 1.10 bits per heavy atom. The molecule has 0 aromatic heterocycles. The molecule has 1 heterocycles. The highest BCUT2D eigenvalue weighted by molar-refractivity contribution is 8.26. The summed E-state index contributed by atoms with van der Waals surface area (Å²) in [7, 11) is 4.52. The van der Waals surface area contributed by atoms with Gasteiger partial charge in [-0.05, 0) is 60.3 Å². The Morgan fingerprint density at radius 3 is 2.23 bits per heavy atom. The zero-order valence-corrected chi connectivity index (χ0v) is 18.6. The van der Waals surface area contributed by atoms with E-state index in [1.165, 1.54) is 21.3 Å². The first-order valence-corrected chi connectivity index (χ1v) is 10.1. The summed E-state index contributed by atoms with van der Waals surface area (Å²) in [6.45, 7) is 0. The fourth-order valence-electron chi connectivity index (χ4n) is 2.67. The Morgan fingerprint density at radius 2 is 1.70 bits per heavy atom. The molecule has 2 aromatic carbocycles. The Kier molecular flexibility index (Phi) is 6.86. The number of thiocarbonyl (C=S) groups is 1. The van der Waals surface area contributed by atoms with Crippen LogP contribution in [0.5, 0.6) is 17.2 Å². The van der Waals surface area contributed by atoms with Crippen molar-refractivity contribution in [3.63, 3.8) is 0 Å². The Labute approximate surface area is 187 Å². The normalized spacial score (nSPS) is 14.8. The molecule has 1 aliphatic heterocycles. The molecule has 1 saturated heterocycles. The van der Waals surface area contributed by atoms with Gasteiger partial charge in [0.05, 0.1) is 26.2 Å². The van der Waals surface area contributed by atoms with E-state index in [0.29, 0.717) is 38.3 Å². The van der Waals surface area contributed by atoms with Crippen LogP contribution < -0.4 is 19.6 Å². The molecule has 0 spiro atoms. The summed E-state index contributed by atoms with van der Waals surface area (Å²) in [5.41, 5.74) is 3.52. The molecule has 2 amide bonds. The second-order valence-corrected chi connectivity index (χ2v) is 8.04. The Bertz CT molecular complexity index is 1010. The van der Waals surface area contributed by atoms with Crippen molar-refractivity contribution < 1.29 is 23.8 Å². The number of hydrazine groups is 1. The van der Waals surface area contributed by atoms with Gasteiger partial charge in [0.15, 0.2) is 15.8 Å². The lowest BCUT2D eigenvalue weighted by Crippen LogP contribution is -2.44. The molecule has 0 radical (unpaired) electrons. The number of amides is 2. The minimum atomic E-state index is -0.475. The lowest BCUT2D eigenvalue weighted by Gasteiger charge is -2.15. The third-order valence-electron chi connectivity index (χ3n) is 4.10. The fourth-order valence-corrected chi connectivity index (χ4v) is 3.97. The van der Waals surface area contributed by atoms with Gasteiger partial charge in [0, 0.05) is 10.6 Å². The van der Waals surface area contributed by atoms with Gasteiger partial charge < -0.3 is 14.2 Å². The monoisotopic (exact) mass is 464 g/mol. The van der Waals surface area contributed by atoms with Gasteiger partial charge in [-0.3, -0.25) is 15.0 Å². The summed E-state index contributed by atoms with van der Waals surface area (Å²) < 4.78 is 16.2. The quantitative estimate of drug-likeness (QED) is 0.513. The number of carbonyl (C=O) groups is 2. The molecule has 156 valence electrons. The molecular weight excluding hydrogens is 448 g/mol. The van der Waals surface area contributed by atoms with Gasteiger partial charge in [0.2, 0.25) is 5.75 Å². The molecule has 0 atom stereocenters. The van der Waals surface area contributed by atoms with Gasteiger partial charge in [-0.2, -0.15) is 5.01 Å². The molecule has 7 nitrogen and oxygen atoms in total. The predicted molar refractivity (Wildman–Crippen MR) is 120 cm³/mol. The zero-order chi connectivity index (χ0) is 21.8. The molecule has 0 bridgehead atoms. The Balaban J connectivity index is 1.84. The highest BCUT2D eigenvalue weighted by Crippen LogP contribution is 2.40. The second kappa shape index (κ2) is 9.38. The first-order valence-electron chi connectivity index (χ1n) is 8.52. The number of nitrogens with one attached hydrogen (secondary N) is 1. The lowest BCUT2D eigenvalue weighted by atomic mass is 10.1. The van der Waals surface area contributed by atoms with E-state index >= 15 is 0 Å². The predicted octanol–water partition coefficient (Wildman–Crippen LogP) is 3.91. The van der Waals surface area contributed by atoms with Gasteiger partial charge in [0.1, 0.15) is 0 Å². The minimum absolute atomic E-state index is 0.209. The van der Waals surface area contributed by atoms with Crippen molar-refractivity contribution in [2.24, 2.45) is 0 Å². The molecule has 0 saturated carbocycles. The van der Waals surface area contributed by atoms with Crippen LogP contribution >= 0.6 is 35.6 Å². The molecule has 1 N–H and O–H groups in total. The summed E-state index contributed by atoms with van der Waals surface area (Å²) in [6, 6.07) is 9.71. The smallest absolute Gasteiger partial charge is 0.285 e. The second-order valence-electron chi connectivity index (χ2n) is 5.92. The first kappa shape index (κ1) is 21.9. The van der Waals surface area contributed by atoms with Crippen LogP contribution in [0.4, 0.5) is 0 Å². The number of halogens is 1. The number of carbonyl (C=O) groups excluding carboxylic acids is 2. The van der Waals surface area contributed by atoms with Crippen LogP contribution in [-0.4, -0.2) is 42.5 Å². The SMILES string of the molecule is COc1cc(C=C2SC(=S)N(NC(=O)c3ccc(Cl)cc3)C2=O)cc(OC)c1OC. The third kappa shape index (κ3) is 4.53. The lowest BCUT2D eigenvalue weighted by molar-refractivity contribution is -0.123. The largest absolute Gasteiger partial charge is 0.493 e. The van der Waals surface area contributed by atoms with Gasteiger partial charge >= 0.3 is 0 Å². The highest BCUT2D eigenvalue weighted by Gasteiger charge is 2.34. The van der Waals surface area contributed by atoms with Crippen molar-refractivity contribution in [2.45, 2.75) is 0 Å². The van der Waals surface area contributed by atoms with Crippen LogP contribution in [0.3, 0.4) is 0 Å². The Hall–Kier alpha value is -2.75. The number of nitrogens with zero attached hydrogens (tertiary/aromatic N) is 1. The van der Waals surface area contributed by atoms with Crippen LogP contribution in [0.15, 0.2) is 41.3 Å². The summed E-state index contributed by atoms with van der Waals surface area (Å²) in [4.78, 5) is 25.6. The highest BCUT2D eigenvalue weighted by atomic mass is 35.5. The van der Waals surface area contributed by atoms with E-state index in [9.17, 15) is 9.59 Å². The molecular formula is C20H17ClN2O5S2.